The molecule has 0 aliphatic carbocycles. The van der Waals surface area contributed by atoms with Crippen LogP contribution < -0.4 is 5.32 Å². The molecule has 108 valence electrons. The lowest BCUT2D eigenvalue weighted by Gasteiger charge is -2.19. The van der Waals surface area contributed by atoms with Crippen LogP contribution in [0.1, 0.15) is 24.8 Å². The van der Waals surface area contributed by atoms with Crippen molar-refractivity contribution in [2.45, 2.75) is 19.3 Å². The van der Waals surface area contributed by atoms with Crippen molar-refractivity contribution in [3.8, 4) is 0 Å². The van der Waals surface area contributed by atoms with Crippen molar-refractivity contribution in [3.63, 3.8) is 0 Å². The van der Waals surface area contributed by atoms with E-state index < -0.39 is 0 Å². The minimum absolute atomic E-state index is 0.457. The molecule has 0 fully saturated rings. The Kier molecular flexibility index (Phi) is 9.08. The average molecular weight is 330 g/mol. The molecule has 0 aromatic heterocycles. The summed E-state index contributed by atoms with van der Waals surface area (Å²) in [4.78, 5) is 0. The van der Waals surface area contributed by atoms with E-state index >= 15 is 0 Å². The van der Waals surface area contributed by atoms with E-state index in [4.69, 9.17) is 9.47 Å². The highest BCUT2D eigenvalue weighted by Crippen LogP contribution is 2.26. The minimum Gasteiger partial charge on any atom is -0.383 e. The predicted octanol–water partition coefficient (Wildman–Crippen LogP) is 3.20. The van der Waals surface area contributed by atoms with Crippen LogP contribution >= 0.6 is 15.9 Å². The van der Waals surface area contributed by atoms with Crippen LogP contribution in [0.5, 0.6) is 0 Å². The van der Waals surface area contributed by atoms with Gasteiger partial charge in [-0.2, -0.15) is 0 Å². The van der Waals surface area contributed by atoms with Gasteiger partial charge in [-0.1, -0.05) is 34.1 Å². The maximum absolute atomic E-state index is 5.49. The molecule has 1 N–H and O–H groups in total. The van der Waals surface area contributed by atoms with Crippen molar-refractivity contribution in [3.05, 3.63) is 34.3 Å². The first kappa shape index (κ1) is 16.6. The number of methoxy groups -OCH3 is 1. The first-order valence-electron chi connectivity index (χ1n) is 6.81. The van der Waals surface area contributed by atoms with E-state index in [0.717, 1.165) is 39.3 Å². The molecular formula is C15H24BrNO2. The maximum atomic E-state index is 5.49. The van der Waals surface area contributed by atoms with Crippen LogP contribution in [0.15, 0.2) is 28.7 Å². The first-order valence-corrected chi connectivity index (χ1v) is 7.60. The monoisotopic (exact) mass is 329 g/mol. The maximum Gasteiger partial charge on any atom is 0.0587 e. The highest BCUT2D eigenvalue weighted by atomic mass is 79.9. The second-order valence-electron chi connectivity index (χ2n) is 4.40. The van der Waals surface area contributed by atoms with Crippen LogP contribution in [0.2, 0.25) is 0 Å². The van der Waals surface area contributed by atoms with Gasteiger partial charge in [-0.25, -0.2) is 0 Å². The van der Waals surface area contributed by atoms with Crippen molar-refractivity contribution in [2.24, 2.45) is 0 Å². The Morgan fingerprint density at radius 1 is 1.26 bits per heavy atom. The van der Waals surface area contributed by atoms with E-state index in [1.54, 1.807) is 7.11 Å². The number of benzene rings is 1. The van der Waals surface area contributed by atoms with Crippen LogP contribution in [0.4, 0.5) is 0 Å². The summed E-state index contributed by atoms with van der Waals surface area (Å²) in [6, 6.07) is 8.41. The molecule has 0 aliphatic rings. The summed E-state index contributed by atoms with van der Waals surface area (Å²) in [6.45, 7) is 6.18. The third kappa shape index (κ3) is 6.52. The van der Waals surface area contributed by atoms with Gasteiger partial charge in [0.15, 0.2) is 0 Å². The van der Waals surface area contributed by atoms with E-state index in [9.17, 15) is 0 Å². The van der Waals surface area contributed by atoms with Crippen LogP contribution in [0, 0.1) is 0 Å². The summed E-state index contributed by atoms with van der Waals surface area (Å²) in [5.41, 5.74) is 1.34. The van der Waals surface area contributed by atoms with Crippen LogP contribution in [0.25, 0.3) is 0 Å². The highest BCUT2D eigenvalue weighted by molar-refractivity contribution is 9.10. The molecule has 0 heterocycles. The number of hydrogen-bond acceptors (Lipinski definition) is 3. The number of hydrogen-bond donors (Lipinski definition) is 1. The summed E-state index contributed by atoms with van der Waals surface area (Å²) < 4.78 is 11.7. The van der Waals surface area contributed by atoms with Crippen LogP contribution in [-0.4, -0.2) is 40.0 Å². The summed E-state index contributed by atoms with van der Waals surface area (Å²) in [5, 5.41) is 3.44. The Hall–Kier alpha value is -0.420. The Labute approximate surface area is 124 Å². The highest BCUT2D eigenvalue weighted by Gasteiger charge is 2.13. The Balaban J connectivity index is 2.55. The van der Waals surface area contributed by atoms with Gasteiger partial charge >= 0.3 is 0 Å². The third-order valence-electron chi connectivity index (χ3n) is 3.03. The van der Waals surface area contributed by atoms with Crippen molar-refractivity contribution in [2.75, 3.05) is 40.0 Å². The van der Waals surface area contributed by atoms with E-state index in [1.165, 1.54) is 10.0 Å². The summed E-state index contributed by atoms with van der Waals surface area (Å²) in [6.07, 6.45) is 1.02. The molecule has 0 bridgehead atoms. The van der Waals surface area contributed by atoms with Gasteiger partial charge in [0.25, 0.3) is 0 Å². The van der Waals surface area contributed by atoms with Crippen molar-refractivity contribution >= 4 is 15.9 Å². The lowest BCUT2D eigenvalue weighted by molar-refractivity contribution is 0.138. The lowest BCUT2D eigenvalue weighted by Crippen LogP contribution is -2.26. The molecular weight excluding hydrogens is 306 g/mol. The Morgan fingerprint density at radius 3 is 2.74 bits per heavy atom. The standard InChI is InChI=1S/C15H24BrNO2/c1-3-19-10-8-13(12-17-9-11-18-2)14-6-4-5-7-15(14)16/h4-7,13,17H,3,8-12H2,1-2H3. The molecule has 1 rings (SSSR count). The average Bonchev–Trinajstić information content (AvgIpc) is 2.42. The van der Waals surface area contributed by atoms with Crippen LogP contribution in [-0.2, 0) is 9.47 Å². The zero-order valence-electron chi connectivity index (χ0n) is 11.8. The summed E-state index contributed by atoms with van der Waals surface area (Å²) in [5.74, 6) is 0.457. The predicted molar refractivity (Wildman–Crippen MR) is 82.7 cm³/mol. The molecule has 3 nitrogen and oxygen atoms in total. The fourth-order valence-electron chi connectivity index (χ4n) is 1.99. The Bertz CT molecular complexity index is 347. The van der Waals surface area contributed by atoms with Gasteiger partial charge in [0.2, 0.25) is 0 Å². The molecule has 0 aliphatic heterocycles. The molecule has 0 saturated heterocycles. The summed E-state index contributed by atoms with van der Waals surface area (Å²) in [7, 11) is 1.72. The minimum atomic E-state index is 0.457. The van der Waals surface area contributed by atoms with Crippen molar-refractivity contribution in [1.82, 2.24) is 5.32 Å². The SMILES string of the molecule is CCOCCC(CNCCOC)c1ccccc1Br. The van der Waals surface area contributed by atoms with Gasteiger partial charge in [0.05, 0.1) is 6.61 Å². The van der Waals surface area contributed by atoms with Crippen LogP contribution in [0.3, 0.4) is 0 Å². The van der Waals surface area contributed by atoms with Crippen molar-refractivity contribution < 1.29 is 9.47 Å². The van der Waals surface area contributed by atoms with E-state index in [0.29, 0.717) is 5.92 Å². The topological polar surface area (TPSA) is 30.5 Å². The Morgan fingerprint density at radius 2 is 2.05 bits per heavy atom. The zero-order valence-corrected chi connectivity index (χ0v) is 13.4. The fraction of sp³-hybridized carbons (Fsp3) is 0.600. The largest absolute Gasteiger partial charge is 0.383 e. The molecule has 0 spiro atoms. The number of ether oxygens (including phenoxy) is 2. The molecule has 0 amide bonds. The summed E-state index contributed by atoms with van der Waals surface area (Å²) >= 11 is 3.64. The molecule has 1 unspecified atom stereocenters. The first-order chi connectivity index (χ1) is 9.29. The second-order valence-corrected chi connectivity index (χ2v) is 5.26. The van der Waals surface area contributed by atoms with E-state index in [2.05, 4.69) is 39.4 Å². The van der Waals surface area contributed by atoms with E-state index in [-0.39, 0.29) is 0 Å². The fourth-order valence-corrected chi connectivity index (χ4v) is 2.60. The normalized spacial score (nSPS) is 12.6. The molecule has 1 aromatic carbocycles. The molecule has 0 saturated carbocycles. The van der Waals surface area contributed by atoms with Gasteiger partial charge in [0, 0.05) is 37.9 Å². The van der Waals surface area contributed by atoms with Gasteiger partial charge < -0.3 is 14.8 Å². The second kappa shape index (κ2) is 10.4. The van der Waals surface area contributed by atoms with E-state index in [1.807, 2.05) is 13.0 Å². The zero-order chi connectivity index (χ0) is 13.9. The third-order valence-corrected chi connectivity index (χ3v) is 3.76. The number of halogens is 1. The van der Waals surface area contributed by atoms with Gasteiger partial charge in [-0.15, -0.1) is 0 Å². The molecule has 4 heteroatoms. The molecule has 1 atom stereocenters. The van der Waals surface area contributed by atoms with Gasteiger partial charge in [-0.3, -0.25) is 0 Å². The van der Waals surface area contributed by atoms with Gasteiger partial charge in [-0.05, 0) is 30.9 Å². The van der Waals surface area contributed by atoms with Gasteiger partial charge in [0.1, 0.15) is 0 Å². The number of nitrogens with one attached hydrogen (secondary N) is 1. The lowest BCUT2D eigenvalue weighted by atomic mass is 9.96. The number of rotatable bonds is 10. The smallest absolute Gasteiger partial charge is 0.0587 e. The van der Waals surface area contributed by atoms with Crippen molar-refractivity contribution in [1.29, 1.82) is 0 Å². The molecule has 19 heavy (non-hydrogen) atoms. The molecule has 1 aromatic rings. The molecule has 0 radical (unpaired) electrons. The quantitative estimate of drug-likeness (QED) is 0.669.